The summed E-state index contributed by atoms with van der Waals surface area (Å²) in [6.45, 7) is 5.56. The van der Waals surface area contributed by atoms with E-state index in [0.717, 1.165) is 19.3 Å². The number of hydrogen-bond donors (Lipinski definition) is 0. The number of allylic oxidation sites excluding steroid dienone is 1. The molecule has 25 heavy (non-hydrogen) atoms. The van der Waals surface area contributed by atoms with Crippen LogP contribution in [0.25, 0.3) is 0 Å². The average molecular weight is 342 g/mol. The molecule has 0 heterocycles. The first kappa shape index (κ1) is 16.9. The van der Waals surface area contributed by atoms with Gasteiger partial charge in [-0.3, -0.25) is 19.2 Å². The summed E-state index contributed by atoms with van der Waals surface area (Å²) in [7, 11) is 0. The molecule has 0 unspecified atom stereocenters. The largest absolute Gasteiger partial charge is 0.300 e. The third kappa shape index (κ3) is 2.06. The number of rotatable bonds is 1. The monoisotopic (exact) mass is 342 g/mol. The van der Waals surface area contributed by atoms with E-state index in [4.69, 9.17) is 0 Å². The quantitative estimate of drug-likeness (QED) is 0.734. The number of carbonyl (C=O) groups excluding carboxylic acids is 4. The molecule has 0 spiro atoms. The second-order valence-corrected chi connectivity index (χ2v) is 9.08. The van der Waals surface area contributed by atoms with Gasteiger partial charge in [-0.2, -0.15) is 0 Å². The smallest absolute Gasteiger partial charge is 0.155 e. The summed E-state index contributed by atoms with van der Waals surface area (Å²) in [6.07, 6.45) is 5.46. The van der Waals surface area contributed by atoms with Crippen LogP contribution in [-0.2, 0) is 19.2 Å². The summed E-state index contributed by atoms with van der Waals surface area (Å²) in [5.41, 5.74) is 0.212. The van der Waals surface area contributed by atoms with Crippen molar-refractivity contribution < 1.29 is 19.2 Å². The molecule has 3 saturated carbocycles. The summed E-state index contributed by atoms with van der Waals surface area (Å²) in [5, 5.41) is 0. The van der Waals surface area contributed by atoms with E-state index >= 15 is 0 Å². The maximum Gasteiger partial charge on any atom is 0.155 e. The van der Waals surface area contributed by atoms with Crippen molar-refractivity contribution in [2.75, 3.05) is 0 Å². The van der Waals surface area contributed by atoms with Crippen molar-refractivity contribution in [1.82, 2.24) is 0 Å². The molecule has 6 atom stereocenters. The summed E-state index contributed by atoms with van der Waals surface area (Å²) in [4.78, 5) is 50.1. The van der Waals surface area contributed by atoms with Crippen LogP contribution in [0, 0.1) is 34.5 Å². The Balaban J connectivity index is 1.78. The molecule has 0 saturated heterocycles. The van der Waals surface area contributed by atoms with Crippen molar-refractivity contribution in [1.29, 1.82) is 0 Å². The van der Waals surface area contributed by atoms with E-state index < -0.39 is 11.3 Å². The molecule has 0 aromatic heterocycles. The zero-order valence-corrected chi connectivity index (χ0v) is 15.3. The summed E-state index contributed by atoms with van der Waals surface area (Å²) < 4.78 is 0. The molecule has 0 aliphatic heterocycles. The molecular formula is C21H26O4. The van der Waals surface area contributed by atoms with Gasteiger partial charge in [-0.05, 0) is 49.5 Å². The fourth-order valence-corrected chi connectivity index (χ4v) is 6.66. The van der Waals surface area contributed by atoms with Gasteiger partial charge in [-0.25, -0.2) is 0 Å². The van der Waals surface area contributed by atoms with Gasteiger partial charge in [0.15, 0.2) is 5.78 Å². The number of fused-ring (bicyclic) bond motifs is 5. The lowest BCUT2D eigenvalue weighted by Gasteiger charge is -2.56. The molecule has 4 rings (SSSR count). The minimum atomic E-state index is -0.813. The Morgan fingerprint density at radius 1 is 1.12 bits per heavy atom. The van der Waals surface area contributed by atoms with Crippen molar-refractivity contribution >= 4 is 23.1 Å². The van der Waals surface area contributed by atoms with Crippen LogP contribution in [0.5, 0.6) is 0 Å². The first-order valence-electron chi connectivity index (χ1n) is 9.50. The molecule has 0 aromatic carbocycles. The van der Waals surface area contributed by atoms with Gasteiger partial charge in [0.25, 0.3) is 0 Å². The van der Waals surface area contributed by atoms with Crippen LogP contribution >= 0.6 is 0 Å². The fourth-order valence-electron chi connectivity index (χ4n) is 6.66. The number of carbonyl (C=O) groups is 4. The zero-order valence-electron chi connectivity index (χ0n) is 15.3. The van der Waals surface area contributed by atoms with Crippen molar-refractivity contribution in [2.24, 2.45) is 34.5 Å². The minimum Gasteiger partial charge on any atom is -0.300 e. The Morgan fingerprint density at radius 3 is 2.52 bits per heavy atom. The Labute approximate surface area is 148 Å². The molecular weight excluding hydrogens is 316 g/mol. The van der Waals surface area contributed by atoms with Gasteiger partial charge < -0.3 is 0 Å². The molecule has 134 valence electrons. The van der Waals surface area contributed by atoms with Crippen LogP contribution in [0.15, 0.2) is 11.6 Å². The minimum absolute atomic E-state index is 0.0315. The highest BCUT2D eigenvalue weighted by Crippen LogP contribution is 2.64. The molecule has 0 N–H and O–H groups in total. The van der Waals surface area contributed by atoms with Gasteiger partial charge in [0.1, 0.15) is 17.3 Å². The van der Waals surface area contributed by atoms with Gasteiger partial charge >= 0.3 is 0 Å². The van der Waals surface area contributed by atoms with Crippen molar-refractivity contribution in [3.8, 4) is 0 Å². The lowest BCUT2D eigenvalue weighted by Crippen LogP contribution is -2.56. The lowest BCUT2D eigenvalue weighted by atomic mass is 9.46. The summed E-state index contributed by atoms with van der Waals surface area (Å²) >= 11 is 0. The van der Waals surface area contributed by atoms with Crippen LogP contribution in [0.1, 0.15) is 59.3 Å². The maximum absolute atomic E-state index is 13.2. The van der Waals surface area contributed by atoms with Crippen LogP contribution in [0.3, 0.4) is 0 Å². The highest BCUT2D eigenvalue weighted by Gasteiger charge is 2.66. The summed E-state index contributed by atoms with van der Waals surface area (Å²) in [5.74, 6) is -0.129. The Morgan fingerprint density at radius 2 is 1.84 bits per heavy atom. The van der Waals surface area contributed by atoms with Crippen molar-refractivity contribution in [3.05, 3.63) is 11.6 Å². The van der Waals surface area contributed by atoms with Crippen LogP contribution in [-0.4, -0.2) is 23.1 Å². The van der Waals surface area contributed by atoms with Crippen molar-refractivity contribution in [2.45, 2.75) is 59.3 Å². The van der Waals surface area contributed by atoms with E-state index in [2.05, 4.69) is 6.92 Å². The van der Waals surface area contributed by atoms with E-state index in [0.29, 0.717) is 12.8 Å². The average Bonchev–Trinajstić information content (AvgIpc) is 2.82. The van der Waals surface area contributed by atoms with Crippen LogP contribution < -0.4 is 0 Å². The second kappa shape index (κ2) is 5.21. The zero-order chi connectivity index (χ0) is 18.1. The van der Waals surface area contributed by atoms with E-state index in [-0.39, 0.29) is 52.7 Å². The topological polar surface area (TPSA) is 68.3 Å². The van der Waals surface area contributed by atoms with E-state index in [9.17, 15) is 19.2 Å². The predicted molar refractivity (Wildman–Crippen MR) is 91.7 cm³/mol. The number of hydrogen-bond acceptors (Lipinski definition) is 4. The van der Waals surface area contributed by atoms with E-state index in [1.165, 1.54) is 12.5 Å². The molecule has 0 aromatic rings. The highest BCUT2D eigenvalue weighted by molar-refractivity contribution is 6.03. The molecule has 0 amide bonds. The molecule has 4 aliphatic rings. The van der Waals surface area contributed by atoms with Crippen LogP contribution in [0.2, 0.25) is 0 Å². The Kier molecular flexibility index (Phi) is 3.52. The molecule has 4 nitrogen and oxygen atoms in total. The van der Waals surface area contributed by atoms with E-state index in [1.54, 1.807) is 6.08 Å². The lowest BCUT2D eigenvalue weighted by molar-refractivity contribution is -0.154. The van der Waals surface area contributed by atoms with Crippen LogP contribution in [0.4, 0.5) is 0 Å². The number of ketones is 4. The number of Topliss-reactive ketones (excluding diaryl/α,β-unsaturated/α-hetero) is 3. The first-order chi connectivity index (χ1) is 11.7. The first-order valence-corrected chi connectivity index (χ1v) is 9.50. The Bertz CT molecular complexity index is 732. The fraction of sp³-hybridized carbons (Fsp3) is 0.714. The molecule has 0 radical (unpaired) electrons. The highest BCUT2D eigenvalue weighted by atomic mass is 16.2. The molecule has 4 heteroatoms. The van der Waals surface area contributed by atoms with Gasteiger partial charge in [0.05, 0.1) is 0 Å². The standard InChI is InChI=1S/C21H26O4/c1-11(22)15-9-17(24)19-14-5-4-12-8-13(23)6-7-20(12,2)16(14)10-18(25)21(15,19)3/h8,14-16,19H,4-7,9-10H2,1-3H3/t14-,15-,16+,19-,20-,21-/m0/s1. The third-order valence-electron chi connectivity index (χ3n) is 8.09. The Hall–Kier alpha value is -1.58. The molecule has 4 aliphatic carbocycles. The third-order valence-corrected chi connectivity index (χ3v) is 8.09. The maximum atomic E-state index is 13.2. The normalized spacial score (nSPS) is 46.2. The second-order valence-electron chi connectivity index (χ2n) is 9.08. The predicted octanol–water partition coefficient (Wildman–Crippen LogP) is 3.08. The van der Waals surface area contributed by atoms with E-state index in [1.807, 2.05) is 6.92 Å². The summed E-state index contributed by atoms with van der Waals surface area (Å²) in [6, 6.07) is 0. The van der Waals surface area contributed by atoms with Gasteiger partial charge in [-0.15, -0.1) is 0 Å². The van der Waals surface area contributed by atoms with Gasteiger partial charge in [-0.1, -0.05) is 19.4 Å². The molecule has 0 bridgehead atoms. The van der Waals surface area contributed by atoms with Gasteiger partial charge in [0, 0.05) is 36.5 Å². The van der Waals surface area contributed by atoms with Crippen molar-refractivity contribution in [3.63, 3.8) is 0 Å². The SMILES string of the molecule is CC(=O)[C@@H]1CC(=O)[C@@H]2[C@H]3CCC4=CC(=O)CC[C@]4(C)[C@@H]3CC(=O)[C@@]21C. The molecule has 3 fully saturated rings. The van der Waals surface area contributed by atoms with Gasteiger partial charge in [0.2, 0.25) is 0 Å².